The first-order valence-electron chi connectivity index (χ1n) is 9.12. The SMILES string of the molecule is CS(=O)(=O)c1cccc(C(=O)N2CCC(Oc3nc4ccc(F)cc4s3)CC2)c1. The molecule has 0 bridgehead atoms. The van der Waals surface area contributed by atoms with E-state index in [1.165, 1.54) is 35.6 Å². The zero-order valence-corrected chi connectivity index (χ0v) is 17.3. The van der Waals surface area contributed by atoms with Gasteiger partial charge in [-0.15, -0.1) is 0 Å². The molecule has 1 aromatic heterocycles. The van der Waals surface area contributed by atoms with Crippen molar-refractivity contribution in [3.63, 3.8) is 0 Å². The maximum atomic E-state index is 13.3. The van der Waals surface area contributed by atoms with Gasteiger partial charge in [-0.1, -0.05) is 17.4 Å². The second kappa shape index (κ2) is 7.72. The summed E-state index contributed by atoms with van der Waals surface area (Å²) in [4.78, 5) is 18.9. The topological polar surface area (TPSA) is 76.6 Å². The van der Waals surface area contributed by atoms with Gasteiger partial charge in [-0.2, -0.15) is 0 Å². The van der Waals surface area contributed by atoms with Gasteiger partial charge in [0.15, 0.2) is 9.84 Å². The molecule has 0 atom stereocenters. The number of halogens is 1. The normalized spacial score (nSPS) is 15.6. The van der Waals surface area contributed by atoms with Gasteiger partial charge in [-0.3, -0.25) is 4.79 Å². The van der Waals surface area contributed by atoms with Crippen molar-refractivity contribution < 1.29 is 22.3 Å². The molecule has 1 saturated heterocycles. The molecular weight excluding hydrogens is 415 g/mol. The average Bonchev–Trinajstić information content (AvgIpc) is 3.09. The van der Waals surface area contributed by atoms with Gasteiger partial charge in [0, 0.05) is 37.8 Å². The molecule has 0 N–H and O–H groups in total. The number of fused-ring (bicyclic) bond motifs is 1. The van der Waals surface area contributed by atoms with Crippen LogP contribution in [-0.4, -0.2) is 49.7 Å². The number of amides is 1. The van der Waals surface area contributed by atoms with Crippen LogP contribution in [-0.2, 0) is 9.84 Å². The third-order valence-corrected chi connectivity index (χ3v) is 6.86. The molecule has 0 unspecified atom stereocenters. The van der Waals surface area contributed by atoms with Crippen molar-refractivity contribution in [3.8, 4) is 5.19 Å². The second-order valence-corrected chi connectivity index (χ2v) is 10.0. The third-order valence-electron chi connectivity index (χ3n) is 4.84. The van der Waals surface area contributed by atoms with E-state index in [1.807, 2.05) is 0 Å². The molecule has 152 valence electrons. The molecule has 0 spiro atoms. The van der Waals surface area contributed by atoms with Crippen molar-refractivity contribution in [2.75, 3.05) is 19.3 Å². The molecular formula is C20H19FN2O4S2. The van der Waals surface area contributed by atoms with E-state index in [4.69, 9.17) is 4.74 Å². The number of piperidine rings is 1. The van der Waals surface area contributed by atoms with Crippen LogP contribution in [0.1, 0.15) is 23.2 Å². The quantitative estimate of drug-likeness (QED) is 0.628. The maximum Gasteiger partial charge on any atom is 0.274 e. The molecule has 9 heteroatoms. The Morgan fingerprint density at radius 1 is 1.21 bits per heavy atom. The van der Waals surface area contributed by atoms with Crippen molar-refractivity contribution in [2.45, 2.75) is 23.8 Å². The van der Waals surface area contributed by atoms with Crippen LogP contribution in [0.3, 0.4) is 0 Å². The Morgan fingerprint density at radius 3 is 2.69 bits per heavy atom. The average molecular weight is 435 g/mol. The molecule has 1 fully saturated rings. The summed E-state index contributed by atoms with van der Waals surface area (Å²) >= 11 is 1.30. The number of ether oxygens (including phenoxy) is 1. The maximum absolute atomic E-state index is 13.3. The number of nitrogens with zero attached hydrogens (tertiary/aromatic N) is 2. The number of thiazole rings is 1. The lowest BCUT2D eigenvalue weighted by Gasteiger charge is -2.31. The summed E-state index contributed by atoms with van der Waals surface area (Å²) in [5.74, 6) is -0.496. The van der Waals surface area contributed by atoms with E-state index in [0.717, 1.165) is 11.0 Å². The molecule has 3 aromatic rings. The number of aromatic nitrogens is 1. The standard InChI is InChI=1S/C20H19FN2O4S2/c1-29(25,26)16-4-2-3-13(11-16)19(24)23-9-7-15(8-10-23)27-20-22-17-6-5-14(21)12-18(17)28-20/h2-6,11-12,15H,7-10H2,1H3. The summed E-state index contributed by atoms with van der Waals surface area (Å²) in [6.07, 6.45) is 2.33. The van der Waals surface area contributed by atoms with Gasteiger partial charge in [-0.25, -0.2) is 17.8 Å². The molecule has 2 heterocycles. The Morgan fingerprint density at radius 2 is 1.97 bits per heavy atom. The Kier molecular flexibility index (Phi) is 5.26. The van der Waals surface area contributed by atoms with Gasteiger partial charge >= 0.3 is 0 Å². The predicted octanol–water partition coefficient (Wildman–Crippen LogP) is 3.52. The largest absolute Gasteiger partial charge is 0.467 e. The Balaban J connectivity index is 1.39. The third kappa shape index (κ3) is 4.40. The predicted molar refractivity (Wildman–Crippen MR) is 109 cm³/mol. The number of hydrogen-bond acceptors (Lipinski definition) is 6. The fraction of sp³-hybridized carbons (Fsp3) is 0.300. The van der Waals surface area contributed by atoms with Gasteiger partial charge in [0.2, 0.25) is 0 Å². The molecule has 0 radical (unpaired) electrons. The van der Waals surface area contributed by atoms with Crippen LogP contribution < -0.4 is 4.74 Å². The van der Waals surface area contributed by atoms with Gasteiger partial charge < -0.3 is 9.64 Å². The van der Waals surface area contributed by atoms with Crippen LogP contribution in [0.15, 0.2) is 47.4 Å². The fourth-order valence-corrected chi connectivity index (χ4v) is 4.86. The number of sulfone groups is 1. The molecule has 1 amide bonds. The van der Waals surface area contributed by atoms with Crippen molar-refractivity contribution in [1.82, 2.24) is 9.88 Å². The molecule has 0 aliphatic carbocycles. The first kappa shape index (κ1) is 19.8. The van der Waals surface area contributed by atoms with Crippen molar-refractivity contribution in [3.05, 3.63) is 53.8 Å². The number of carbonyl (C=O) groups excluding carboxylic acids is 1. The highest BCUT2D eigenvalue weighted by atomic mass is 32.2. The van der Waals surface area contributed by atoms with Crippen molar-refractivity contribution >= 4 is 37.3 Å². The van der Waals surface area contributed by atoms with E-state index in [-0.39, 0.29) is 22.7 Å². The minimum Gasteiger partial charge on any atom is -0.467 e. The van der Waals surface area contributed by atoms with Crippen molar-refractivity contribution in [1.29, 1.82) is 0 Å². The van der Waals surface area contributed by atoms with E-state index in [9.17, 15) is 17.6 Å². The summed E-state index contributed by atoms with van der Waals surface area (Å²) in [5.41, 5.74) is 1.06. The lowest BCUT2D eigenvalue weighted by Crippen LogP contribution is -2.41. The van der Waals surface area contributed by atoms with Crippen molar-refractivity contribution in [2.24, 2.45) is 0 Å². The van der Waals surface area contributed by atoms with E-state index in [0.29, 0.717) is 42.2 Å². The van der Waals surface area contributed by atoms with Crippen LogP contribution in [0.4, 0.5) is 4.39 Å². The molecule has 4 rings (SSSR count). The van der Waals surface area contributed by atoms with E-state index >= 15 is 0 Å². The zero-order chi connectivity index (χ0) is 20.6. The Hall–Kier alpha value is -2.52. The number of rotatable bonds is 4. The first-order valence-corrected chi connectivity index (χ1v) is 11.8. The van der Waals surface area contributed by atoms with Crippen LogP contribution in [0.5, 0.6) is 5.19 Å². The summed E-state index contributed by atoms with van der Waals surface area (Å²) in [6.45, 7) is 1.01. The molecule has 1 aliphatic heterocycles. The fourth-order valence-electron chi connectivity index (χ4n) is 3.29. The highest BCUT2D eigenvalue weighted by Gasteiger charge is 2.26. The molecule has 0 saturated carbocycles. The van der Waals surface area contributed by atoms with Gasteiger partial charge in [0.25, 0.3) is 11.1 Å². The van der Waals surface area contributed by atoms with Crippen LogP contribution in [0.25, 0.3) is 10.2 Å². The van der Waals surface area contributed by atoms with Crippen LogP contribution in [0.2, 0.25) is 0 Å². The van der Waals surface area contributed by atoms with Crippen LogP contribution >= 0.6 is 11.3 Å². The minimum absolute atomic E-state index is 0.0770. The minimum atomic E-state index is -3.37. The number of hydrogen-bond donors (Lipinski definition) is 0. The highest BCUT2D eigenvalue weighted by Crippen LogP contribution is 2.30. The van der Waals surface area contributed by atoms with E-state index in [2.05, 4.69) is 4.98 Å². The number of carbonyl (C=O) groups is 1. The molecule has 1 aliphatic rings. The Bertz CT molecular complexity index is 1170. The summed E-state index contributed by atoms with van der Waals surface area (Å²) in [6, 6.07) is 10.5. The Labute approximate surface area is 171 Å². The number of likely N-dealkylation sites (tertiary alicyclic amines) is 1. The smallest absolute Gasteiger partial charge is 0.274 e. The van der Waals surface area contributed by atoms with Crippen LogP contribution in [0, 0.1) is 5.82 Å². The molecule has 29 heavy (non-hydrogen) atoms. The van der Waals surface area contributed by atoms with E-state index in [1.54, 1.807) is 23.1 Å². The lowest BCUT2D eigenvalue weighted by molar-refractivity contribution is 0.0595. The second-order valence-electron chi connectivity index (χ2n) is 7.00. The summed E-state index contributed by atoms with van der Waals surface area (Å²) < 4.78 is 43.4. The van der Waals surface area contributed by atoms with Gasteiger partial charge in [0.05, 0.1) is 15.1 Å². The molecule has 2 aromatic carbocycles. The molecule has 6 nitrogen and oxygen atoms in total. The number of benzene rings is 2. The monoisotopic (exact) mass is 434 g/mol. The summed E-state index contributed by atoms with van der Waals surface area (Å²) in [7, 11) is -3.37. The van der Waals surface area contributed by atoms with E-state index < -0.39 is 9.84 Å². The lowest BCUT2D eigenvalue weighted by atomic mass is 10.1. The highest BCUT2D eigenvalue weighted by molar-refractivity contribution is 7.90. The summed E-state index contributed by atoms with van der Waals surface area (Å²) in [5, 5.41) is 0.497. The zero-order valence-electron chi connectivity index (χ0n) is 15.7. The van der Waals surface area contributed by atoms with Gasteiger partial charge in [-0.05, 0) is 36.4 Å². The van der Waals surface area contributed by atoms with Gasteiger partial charge in [0.1, 0.15) is 11.9 Å². The first-order chi connectivity index (χ1) is 13.8.